The van der Waals surface area contributed by atoms with Crippen LogP contribution in [0.4, 0.5) is 0 Å². The number of hydrogen-bond acceptors (Lipinski definition) is 4. The maximum Gasteiger partial charge on any atom is 0.0413 e. The van der Waals surface area contributed by atoms with Gasteiger partial charge >= 0.3 is 0 Å². The fourth-order valence-corrected chi connectivity index (χ4v) is 4.39. The molecule has 0 aromatic heterocycles. The summed E-state index contributed by atoms with van der Waals surface area (Å²) in [6.45, 7) is 0. The first-order chi connectivity index (χ1) is 9.07. The van der Waals surface area contributed by atoms with E-state index in [1.807, 2.05) is 7.05 Å². The van der Waals surface area contributed by atoms with Crippen LogP contribution >= 0.6 is 0 Å². The Kier molecular flexibility index (Phi) is 4.23. The molecule has 2 fully saturated rings. The minimum absolute atomic E-state index is 0.0771. The molecular weight excluding hydrogens is 236 g/mol. The number of hydrogen-bond donors (Lipinski definition) is 4. The van der Waals surface area contributed by atoms with Crippen molar-refractivity contribution in [3.8, 4) is 0 Å². The molecule has 0 saturated heterocycles. The van der Waals surface area contributed by atoms with Gasteiger partial charge in [0.2, 0.25) is 0 Å². The zero-order valence-electron chi connectivity index (χ0n) is 12.9. The fourth-order valence-electron chi connectivity index (χ4n) is 4.39. The highest BCUT2D eigenvalue weighted by molar-refractivity contribution is 5.21. The Morgan fingerprint density at radius 3 is 1.79 bits per heavy atom. The van der Waals surface area contributed by atoms with Crippen LogP contribution in [0.2, 0.25) is 0 Å². The van der Waals surface area contributed by atoms with Gasteiger partial charge in [0.25, 0.3) is 0 Å². The minimum atomic E-state index is 0.0771. The molecule has 4 N–H and O–H groups in total. The zero-order chi connectivity index (χ0) is 14.0. The van der Waals surface area contributed by atoms with Crippen molar-refractivity contribution in [1.82, 2.24) is 21.3 Å². The molecule has 0 heterocycles. The topological polar surface area (TPSA) is 48.1 Å². The fraction of sp³-hybridized carbons (Fsp3) is 0.867. The van der Waals surface area contributed by atoms with Crippen LogP contribution in [0.15, 0.2) is 12.3 Å². The summed E-state index contributed by atoms with van der Waals surface area (Å²) in [5.74, 6) is 0. The largest absolute Gasteiger partial charge is 0.394 e. The maximum atomic E-state index is 3.64. The van der Waals surface area contributed by atoms with Gasteiger partial charge in [-0.3, -0.25) is 0 Å². The molecule has 3 atom stereocenters. The first-order valence-electron chi connectivity index (χ1n) is 7.49. The van der Waals surface area contributed by atoms with Crippen molar-refractivity contribution < 1.29 is 0 Å². The van der Waals surface area contributed by atoms with Gasteiger partial charge in [-0.05, 0) is 71.9 Å². The molecule has 0 amide bonds. The normalized spacial score (nSPS) is 42.5. The lowest BCUT2D eigenvalue weighted by Crippen LogP contribution is -2.69. The first kappa shape index (κ1) is 14.8. The number of likely N-dealkylation sites (N-methyl/N-ethyl adjacent to an activating group) is 1. The third kappa shape index (κ3) is 2.67. The van der Waals surface area contributed by atoms with Gasteiger partial charge in [0.05, 0.1) is 0 Å². The molecule has 110 valence electrons. The third-order valence-electron chi connectivity index (χ3n) is 5.42. The zero-order valence-corrected chi connectivity index (χ0v) is 12.9. The molecule has 2 rings (SSSR count). The van der Waals surface area contributed by atoms with Gasteiger partial charge in [-0.25, -0.2) is 0 Å². The molecule has 2 bridgehead atoms. The van der Waals surface area contributed by atoms with Gasteiger partial charge in [0.1, 0.15) is 0 Å². The van der Waals surface area contributed by atoms with E-state index in [4.69, 9.17) is 0 Å². The smallest absolute Gasteiger partial charge is 0.0413 e. The Balaban J connectivity index is 2.34. The quantitative estimate of drug-likeness (QED) is 0.599. The Morgan fingerprint density at radius 1 is 0.789 bits per heavy atom. The average Bonchev–Trinajstić information content (AvgIpc) is 2.45. The van der Waals surface area contributed by atoms with Gasteiger partial charge in [0, 0.05) is 23.7 Å². The minimum Gasteiger partial charge on any atom is -0.394 e. The van der Waals surface area contributed by atoms with E-state index in [1.165, 1.54) is 25.7 Å². The van der Waals surface area contributed by atoms with E-state index < -0.39 is 0 Å². The van der Waals surface area contributed by atoms with Crippen molar-refractivity contribution >= 4 is 0 Å². The third-order valence-corrected chi connectivity index (χ3v) is 5.42. The molecule has 2 aliphatic carbocycles. The van der Waals surface area contributed by atoms with Gasteiger partial charge in [0.15, 0.2) is 0 Å². The summed E-state index contributed by atoms with van der Waals surface area (Å²) in [6, 6.07) is 0. The Labute approximate surface area is 117 Å². The monoisotopic (exact) mass is 266 g/mol. The summed E-state index contributed by atoms with van der Waals surface area (Å²) in [7, 11) is 8.30. The van der Waals surface area contributed by atoms with E-state index in [0.29, 0.717) is 0 Å². The number of nitrogens with one attached hydrogen (secondary N) is 4. The molecular formula is C15H30N4. The SMILES string of the molecule is CN/C=C/C1(NC)CC2(NC)CCC[C@](NC)(C1)C2. The lowest BCUT2D eigenvalue weighted by atomic mass is 9.57. The second kappa shape index (κ2) is 5.43. The van der Waals surface area contributed by atoms with Crippen molar-refractivity contribution in [1.29, 1.82) is 0 Å². The van der Waals surface area contributed by atoms with Crippen molar-refractivity contribution in [2.45, 2.75) is 55.1 Å². The number of rotatable bonds is 5. The molecule has 0 radical (unpaired) electrons. The van der Waals surface area contributed by atoms with Crippen LogP contribution in [0.25, 0.3) is 0 Å². The highest BCUT2D eigenvalue weighted by Crippen LogP contribution is 2.49. The molecule has 0 aromatic rings. The molecule has 0 aliphatic heterocycles. The molecule has 2 saturated carbocycles. The van der Waals surface area contributed by atoms with Crippen molar-refractivity contribution in [3.05, 3.63) is 12.3 Å². The van der Waals surface area contributed by atoms with Crippen LogP contribution in [-0.2, 0) is 0 Å². The average molecular weight is 266 g/mol. The Morgan fingerprint density at radius 2 is 1.37 bits per heavy atom. The second-order valence-electron chi connectivity index (χ2n) is 6.47. The predicted octanol–water partition coefficient (Wildman–Crippen LogP) is 0.962. The van der Waals surface area contributed by atoms with Crippen LogP contribution in [0.3, 0.4) is 0 Å². The lowest BCUT2D eigenvalue weighted by molar-refractivity contribution is 0.0336. The van der Waals surface area contributed by atoms with Gasteiger partial charge in [-0.1, -0.05) is 0 Å². The van der Waals surface area contributed by atoms with E-state index in [0.717, 1.165) is 12.8 Å². The highest BCUT2D eigenvalue weighted by Gasteiger charge is 2.54. The molecule has 0 aromatic carbocycles. The lowest BCUT2D eigenvalue weighted by Gasteiger charge is -2.58. The van der Waals surface area contributed by atoms with Gasteiger partial charge in [-0.2, -0.15) is 0 Å². The summed E-state index contributed by atoms with van der Waals surface area (Å²) in [5.41, 5.74) is 0.606. The van der Waals surface area contributed by atoms with E-state index in [1.54, 1.807) is 0 Å². The Bertz CT molecular complexity index is 321. The van der Waals surface area contributed by atoms with Crippen LogP contribution < -0.4 is 21.3 Å². The molecule has 4 heteroatoms. The molecule has 19 heavy (non-hydrogen) atoms. The van der Waals surface area contributed by atoms with Crippen molar-refractivity contribution in [3.63, 3.8) is 0 Å². The first-order valence-corrected chi connectivity index (χ1v) is 7.49. The van der Waals surface area contributed by atoms with E-state index >= 15 is 0 Å². The van der Waals surface area contributed by atoms with E-state index in [2.05, 4.69) is 54.7 Å². The molecule has 0 spiro atoms. The maximum absolute atomic E-state index is 3.64. The summed E-state index contributed by atoms with van der Waals surface area (Å²) in [5, 5.41) is 14.0. The van der Waals surface area contributed by atoms with Crippen molar-refractivity contribution in [2.24, 2.45) is 0 Å². The standard InChI is InChI=1S/C15H30N4/c1-16-9-8-15(19-4)11-13(17-2)6-5-7-14(10-13,12-15)18-3/h8-9,16-19H,5-7,10-12H2,1-4H3/b9-8+/t13-,14?,15?/m1/s1. The summed E-state index contributed by atoms with van der Waals surface area (Å²) < 4.78 is 0. The molecule has 2 unspecified atom stereocenters. The second-order valence-corrected chi connectivity index (χ2v) is 6.47. The molecule has 4 nitrogen and oxygen atoms in total. The van der Waals surface area contributed by atoms with Crippen LogP contribution in [-0.4, -0.2) is 44.8 Å². The molecule has 2 aliphatic rings. The number of fused-ring (bicyclic) bond motifs is 2. The van der Waals surface area contributed by atoms with Crippen LogP contribution in [0, 0.1) is 0 Å². The van der Waals surface area contributed by atoms with E-state index in [9.17, 15) is 0 Å². The van der Waals surface area contributed by atoms with Gasteiger partial charge < -0.3 is 21.3 Å². The van der Waals surface area contributed by atoms with Crippen molar-refractivity contribution in [2.75, 3.05) is 28.2 Å². The van der Waals surface area contributed by atoms with Gasteiger partial charge in [-0.15, -0.1) is 0 Å². The van der Waals surface area contributed by atoms with E-state index in [-0.39, 0.29) is 16.6 Å². The summed E-state index contributed by atoms with van der Waals surface area (Å²) in [6.07, 6.45) is 11.8. The Hall–Kier alpha value is -0.580. The highest BCUT2D eigenvalue weighted by atomic mass is 15.1. The predicted molar refractivity (Wildman–Crippen MR) is 81.3 cm³/mol. The van der Waals surface area contributed by atoms with Crippen LogP contribution in [0.5, 0.6) is 0 Å². The van der Waals surface area contributed by atoms with Crippen LogP contribution in [0.1, 0.15) is 38.5 Å². The summed E-state index contributed by atoms with van der Waals surface area (Å²) >= 11 is 0. The summed E-state index contributed by atoms with van der Waals surface area (Å²) in [4.78, 5) is 0.